The van der Waals surface area contributed by atoms with Gasteiger partial charge in [-0.05, 0) is 18.6 Å². The topological polar surface area (TPSA) is 91.5 Å². The van der Waals surface area contributed by atoms with E-state index >= 15 is 0 Å². The van der Waals surface area contributed by atoms with Gasteiger partial charge >= 0.3 is 5.97 Å². The van der Waals surface area contributed by atoms with E-state index in [1.165, 1.54) is 11.9 Å². The maximum absolute atomic E-state index is 12.0. The van der Waals surface area contributed by atoms with Crippen LogP contribution in [0.1, 0.15) is 23.8 Å². The van der Waals surface area contributed by atoms with Crippen molar-refractivity contribution in [2.45, 2.75) is 13.3 Å². The van der Waals surface area contributed by atoms with Crippen LogP contribution in [0.15, 0.2) is 30.3 Å². The molecule has 0 aliphatic carbocycles. The molecular formula is C17H21N3O4. The Morgan fingerprint density at radius 1 is 1.25 bits per heavy atom. The number of carbonyl (C=O) groups is 3. The van der Waals surface area contributed by atoms with Crippen molar-refractivity contribution >= 4 is 28.7 Å². The predicted octanol–water partition coefficient (Wildman–Crippen LogP) is 1.31. The number of aromatic amines is 1. The van der Waals surface area contributed by atoms with Crippen molar-refractivity contribution in [3.63, 3.8) is 0 Å². The van der Waals surface area contributed by atoms with Crippen LogP contribution in [-0.4, -0.2) is 54.4 Å². The van der Waals surface area contributed by atoms with Crippen LogP contribution in [0.25, 0.3) is 10.9 Å². The van der Waals surface area contributed by atoms with Gasteiger partial charge in [0, 0.05) is 24.5 Å². The van der Waals surface area contributed by atoms with Gasteiger partial charge in [0.05, 0.1) is 6.54 Å². The van der Waals surface area contributed by atoms with Gasteiger partial charge in [-0.15, -0.1) is 0 Å². The average Bonchev–Trinajstić information content (AvgIpc) is 3.01. The minimum atomic E-state index is -0.608. The first-order valence-corrected chi connectivity index (χ1v) is 7.76. The first-order chi connectivity index (χ1) is 11.5. The van der Waals surface area contributed by atoms with E-state index in [4.69, 9.17) is 4.74 Å². The molecule has 0 saturated carbocycles. The van der Waals surface area contributed by atoms with Gasteiger partial charge in [-0.2, -0.15) is 0 Å². The number of carbonyl (C=O) groups excluding carboxylic acids is 3. The van der Waals surface area contributed by atoms with Crippen molar-refractivity contribution < 1.29 is 19.1 Å². The standard InChI is InChI=1S/C17H21N3O4/c1-3-8-18-15(21)10-20(2)16(22)11-24-17(23)14-9-12-6-4-5-7-13(12)19-14/h4-7,9,19H,3,8,10-11H2,1-2H3,(H,18,21). The van der Waals surface area contributed by atoms with Crippen LogP contribution in [0.4, 0.5) is 0 Å². The molecule has 2 rings (SSSR count). The molecule has 0 spiro atoms. The molecular weight excluding hydrogens is 310 g/mol. The smallest absolute Gasteiger partial charge is 0.355 e. The first-order valence-electron chi connectivity index (χ1n) is 7.76. The Bertz CT molecular complexity index is 705. The van der Waals surface area contributed by atoms with Gasteiger partial charge in [0.2, 0.25) is 5.91 Å². The second kappa shape index (κ2) is 8.14. The van der Waals surface area contributed by atoms with Crippen LogP contribution < -0.4 is 5.32 Å². The van der Waals surface area contributed by atoms with Gasteiger partial charge in [0.25, 0.3) is 5.91 Å². The van der Waals surface area contributed by atoms with E-state index in [0.717, 1.165) is 17.3 Å². The van der Waals surface area contributed by atoms with Crippen molar-refractivity contribution in [3.8, 4) is 0 Å². The average molecular weight is 331 g/mol. The zero-order valence-corrected chi connectivity index (χ0v) is 13.8. The lowest BCUT2D eigenvalue weighted by Crippen LogP contribution is -2.40. The van der Waals surface area contributed by atoms with E-state index in [-0.39, 0.29) is 18.1 Å². The van der Waals surface area contributed by atoms with Crippen LogP contribution in [0.5, 0.6) is 0 Å². The molecule has 0 aliphatic heterocycles. The number of H-pyrrole nitrogens is 1. The highest BCUT2D eigenvalue weighted by Gasteiger charge is 2.16. The molecule has 24 heavy (non-hydrogen) atoms. The number of rotatable bonds is 7. The highest BCUT2D eigenvalue weighted by Crippen LogP contribution is 2.15. The van der Waals surface area contributed by atoms with E-state index in [1.54, 1.807) is 6.07 Å². The molecule has 2 N–H and O–H groups in total. The third-order valence-corrected chi connectivity index (χ3v) is 3.46. The molecule has 0 aliphatic rings. The number of likely N-dealkylation sites (N-methyl/N-ethyl adjacent to an activating group) is 1. The molecule has 7 nitrogen and oxygen atoms in total. The first kappa shape index (κ1) is 17.5. The Hall–Kier alpha value is -2.83. The Balaban J connectivity index is 1.84. The zero-order chi connectivity index (χ0) is 17.5. The summed E-state index contributed by atoms with van der Waals surface area (Å²) in [6.45, 7) is 2.03. The van der Waals surface area contributed by atoms with Crippen molar-refractivity contribution in [2.75, 3.05) is 26.7 Å². The van der Waals surface area contributed by atoms with Crippen molar-refractivity contribution in [3.05, 3.63) is 36.0 Å². The maximum atomic E-state index is 12.0. The lowest BCUT2D eigenvalue weighted by molar-refractivity contribution is -0.137. The Morgan fingerprint density at radius 2 is 2.00 bits per heavy atom. The summed E-state index contributed by atoms with van der Waals surface area (Å²) in [4.78, 5) is 39.6. The minimum Gasteiger partial charge on any atom is -0.451 e. The number of hydrogen-bond acceptors (Lipinski definition) is 4. The second-order valence-electron chi connectivity index (χ2n) is 5.45. The fraction of sp³-hybridized carbons (Fsp3) is 0.353. The Kier molecular flexibility index (Phi) is 5.95. The molecule has 128 valence electrons. The third kappa shape index (κ3) is 4.58. The van der Waals surface area contributed by atoms with Crippen LogP contribution in [0, 0.1) is 0 Å². The fourth-order valence-corrected chi connectivity index (χ4v) is 2.12. The summed E-state index contributed by atoms with van der Waals surface area (Å²) >= 11 is 0. The normalized spacial score (nSPS) is 10.4. The molecule has 0 atom stereocenters. The van der Waals surface area contributed by atoms with Gasteiger partial charge < -0.3 is 19.9 Å². The molecule has 2 aromatic rings. The number of esters is 1. The molecule has 0 fully saturated rings. The largest absolute Gasteiger partial charge is 0.451 e. The Labute approximate surface area is 140 Å². The molecule has 1 aromatic heterocycles. The summed E-state index contributed by atoms with van der Waals surface area (Å²) in [5.74, 6) is -1.29. The number of benzene rings is 1. The molecule has 0 unspecified atom stereocenters. The van der Waals surface area contributed by atoms with Gasteiger partial charge in [-0.3, -0.25) is 9.59 Å². The van der Waals surface area contributed by atoms with E-state index in [2.05, 4.69) is 10.3 Å². The molecule has 2 amide bonds. The van der Waals surface area contributed by atoms with Crippen molar-refractivity contribution in [2.24, 2.45) is 0 Å². The minimum absolute atomic E-state index is 0.0667. The molecule has 7 heteroatoms. The van der Waals surface area contributed by atoms with Crippen LogP contribution in [-0.2, 0) is 14.3 Å². The highest BCUT2D eigenvalue weighted by molar-refractivity contribution is 5.96. The third-order valence-electron chi connectivity index (χ3n) is 3.46. The van der Waals surface area contributed by atoms with E-state index in [0.29, 0.717) is 6.54 Å². The van der Waals surface area contributed by atoms with E-state index < -0.39 is 18.5 Å². The summed E-state index contributed by atoms with van der Waals surface area (Å²) in [6.07, 6.45) is 0.825. The van der Waals surface area contributed by atoms with Crippen molar-refractivity contribution in [1.82, 2.24) is 15.2 Å². The van der Waals surface area contributed by atoms with Crippen LogP contribution in [0.2, 0.25) is 0 Å². The lowest BCUT2D eigenvalue weighted by Gasteiger charge is -2.16. The number of nitrogens with one attached hydrogen (secondary N) is 2. The quantitative estimate of drug-likeness (QED) is 0.748. The zero-order valence-electron chi connectivity index (χ0n) is 13.8. The molecule has 1 aromatic carbocycles. The lowest BCUT2D eigenvalue weighted by atomic mass is 10.2. The summed E-state index contributed by atoms with van der Waals surface area (Å²) in [5.41, 5.74) is 1.10. The second-order valence-corrected chi connectivity index (χ2v) is 5.45. The molecule has 1 heterocycles. The monoisotopic (exact) mass is 331 g/mol. The highest BCUT2D eigenvalue weighted by atomic mass is 16.5. The van der Waals surface area contributed by atoms with E-state index in [9.17, 15) is 14.4 Å². The van der Waals surface area contributed by atoms with Crippen molar-refractivity contribution in [1.29, 1.82) is 0 Å². The number of fused-ring (bicyclic) bond motifs is 1. The predicted molar refractivity (Wildman–Crippen MR) is 89.5 cm³/mol. The van der Waals surface area contributed by atoms with Crippen LogP contribution in [0.3, 0.4) is 0 Å². The molecule has 0 bridgehead atoms. The number of ether oxygens (including phenoxy) is 1. The van der Waals surface area contributed by atoms with Gasteiger partial charge in [-0.25, -0.2) is 4.79 Å². The maximum Gasteiger partial charge on any atom is 0.355 e. The summed E-state index contributed by atoms with van der Waals surface area (Å²) < 4.78 is 5.01. The number of nitrogens with zero attached hydrogens (tertiary/aromatic N) is 1. The van der Waals surface area contributed by atoms with E-state index in [1.807, 2.05) is 31.2 Å². The number of amides is 2. The van der Waals surface area contributed by atoms with Gasteiger partial charge in [-0.1, -0.05) is 25.1 Å². The van der Waals surface area contributed by atoms with Gasteiger partial charge in [0.15, 0.2) is 6.61 Å². The summed E-state index contributed by atoms with van der Waals surface area (Å²) in [5, 5.41) is 3.57. The molecule has 0 radical (unpaired) electrons. The van der Waals surface area contributed by atoms with Crippen LogP contribution >= 0.6 is 0 Å². The Morgan fingerprint density at radius 3 is 2.71 bits per heavy atom. The number of hydrogen-bond donors (Lipinski definition) is 2. The van der Waals surface area contributed by atoms with Gasteiger partial charge in [0.1, 0.15) is 5.69 Å². The summed E-state index contributed by atoms with van der Waals surface area (Å²) in [7, 11) is 1.49. The summed E-state index contributed by atoms with van der Waals surface area (Å²) in [6, 6.07) is 9.11. The SMILES string of the molecule is CCCNC(=O)CN(C)C(=O)COC(=O)c1cc2ccccc2[nH]1. The fourth-order valence-electron chi connectivity index (χ4n) is 2.12. The number of aromatic nitrogens is 1. The number of para-hydroxylation sites is 1. The molecule has 0 saturated heterocycles.